The largest absolute Gasteiger partial charge is 0.431 e. The maximum atomic E-state index is 11.0. The molecule has 0 saturated heterocycles. The summed E-state index contributed by atoms with van der Waals surface area (Å²) in [6, 6.07) is 16.4. The average Bonchev–Trinajstić information content (AvgIpc) is 3.16. The Hall–Kier alpha value is -3.63. The van der Waals surface area contributed by atoms with Crippen LogP contribution in [0.1, 0.15) is 29.9 Å². The van der Waals surface area contributed by atoms with Crippen molar-refractivity contribution in [2.24, 2.45) is 5.16 Å². The zero-order valence-corrected chi connectivity index (χ0v) is 16.7. The molecule has 0 saturated carbocycles. The van der Waals surface area contributed by atoms with Crippen LogP contribution in [0.5, 0.6) is 10.9 Å². The van der Waals surface area contributed by atoms with Crippen LogP contribution < -0.4 is 10.1 Å². The maximum absolute atomic E-state index is 11.0. The van der Waals surface area contributed by atoms with E-state index < -0.39 is 0 Å². The Kier molecular flexibility index (Phi) is 6.61. The van der Waals surface area contributed by atoms with E-state index in [2.05, 4.69) is 27.3 Å². The van der Waals surface area contributed by atoms with Crippen molar-refractivity contribution in [2.45, 2.75) is 19.9 Å². The summed E-state index contributed by atoms with van der Waals surface area (Å²) < 4.78 is 5.77. The van der Waals surface area contributed by atoms with E-state index in [-0.39, 0.29) is 11.9 Å². The fourth-order valence-corrected chi connectivity index (χ4v) is 3.19. The monoisotopic (exact) mass is 405 g/mol. The molecule has 0 fully saturated rings. The molecule has 3 rings (SSSR count). The highest BCUT2D eigenvalue weighted by molar-refractivity contribution is 7.13. The van der Waals surface area contributed by atoms with Crippen LogP contribution in [0, 0.1) is 11.8 Å². The van der Waals surface area contributed by atoms with Crippen LogP contribution in [0.4, 0.5) is 0 Å². The molecule has 0 spiro atoms. The highest BCUT2D eigenvalue weighted by Crippen LogP contribution is 2.26. The fourth-order valence-electron chi connectivity index (χ4n) is 2.54. The molecule has 1 unspecified atom stereocenters. The maximum Gasteiger partial charge on any atom is 0.279 e. The number of thiazole rings is 1. The normalized spacial score (nSPS) is 11.9. The van der Waals surface area contributed by atoms with Crippen molar-refractivity contribution in [3.63, 3.8) is 0 Å². The molecule has 6 nitrogen and oxygen atoms in total. The number of benzene rings is 2. The minimum Gasteiger partial charge on any atom is -0.431 e. The van der Waals surface area contributed by atoms with Crippen LogP contribution in [-0.2, 0) is 4.79 Å². The zero-order chi connectivity index (χ0) is 20.6. The van der Waals surface area contributed by atoms with E-state index in [1.165, 1.54) is 18.3 Å². The number of hydrogen-bond acceptors (Lipinski definition) is 6. The van der Waals surface area contributed by atoms with E-state index >= 15 is 0 Å². The summed E-state index contributed by atoms with van der Waals surface area (Å²) in [5.41, 5.74) is 2.07. The van der Waals surface area contributed by atoms with Gasteiger partial charge in [0.15, 0.2) is 0 Å². The molecule has 2 N–H and O–H groups in total. The summed E-state index contributed by atoms with van der Waals surface area (Å²) in [7, 11) is 0. The van der Waals surface area contributed by atoms with Crippen molar-refractivity contribution >= 4 is 23.0 Å². The molecule has 1 atom stereocenters. The smallest absolute Gasteiger partial charge is 0.279 e. The average molecular weight is 405 g/mol. The second kappa shape index (κ2) is 9.53. The number of oxime groups is 1. The van der Waals surface area contributed by atoms with Crippen LogP contribution in [0.25, 0.3) is 0 Å². The summed E-state index contributed by atoms with van der Waals surface area (Å²) in [6.07, 6.45) is 1.63. The first-order chi connectivity index (χ1) is 14.0. The van der Waals surface area contributed by atoms with E-state index in [1.807, 2.05) is 49.4 Å². The predicted octanol–water partition coefficient (Wildman–Crippen LogP) is 4.04. The first-order valence-electron chi connectivity index (χ1n) is 8.85. The molecule has 0 bridgehead atoms. The molecule has 2 aromatic carbocycles. The first kappa shape index (κ1) is 20.1. The summed E-state index contributed by atoms with van der Waals surface area (Å²) >= 11 is 1.32. The molecule has 1 aromatic heterocycles. The van der Waals surface area contributed by atoms with Gasteiger partial charge < -0.3 is 15.3 Å². The molecule has 29 heavy (non-hydrogen) atoms. The van der Waals surface area contributed by atoms with Crippen LogP contribution in [-0.4, -0.2) is 27.9 Å². The van der Waals surface area contributed by atoms with E-state index in [0.717, 1.165) is 16.0 Å². The van der Waals surface area contributed by atoms with Crippen molar-refractivity contribution in [3.05, 3.63) is 76.8 Å². The Balaban J connectivity index is 1.67. The van der Waals surface area contributed by atoms with E-state index in [9.17, 15) is 10.0 Å². The second-order valence-corrected chi connectivity index (χ2v) is 7.12. The molecular weight excluding hydrogens is 386 g/mol. The van der Waals surface area contributed by atoms with Gasteiger partial charge in [0.2, 0.25) is 5.91 Å². The third-order valence-corrected chi connectivity index (χ3v) is 4.59. The lowest BCUT2D eigenvalue weighted by molar-refractivity contribution is -0.119. The Labute approximate surface area is 172 Å². The quantitative estimate of drug-likeness (QED) is 0.290. The molecule has 0 radical (unpaired) electrons. The van der Waals surface area contributed by atoms with Crippen LogP contribution in [0.3, 0.4) is 0 Å². The number of hydrogen-bond donors (Lipinski definition) is 2. The topological polar surface area (TPSA) is 83.8 Å². The molecule has 3 aromatic rings. The highest BCUT2D eigenvalue weighted by atomic mass is 32.1. The van der Waals surface area contributed by atoms with Crippen LogP contribution >= 0.6 is 11.3 Å². The zero-order valence-electron chi connectivity index (χ0n) is 15.9. The lowest BCUT2D eigenvalue weighted by Crippen LogP contribution is -2.28. The number of nitrogens with one attached hydrogen (secondary N) is 1. The van der Waals surface area contributed by atoms with Gasteiger partial charge >= 0.3 is 0 Å². The molecule has 1 heterocycles. The molecule has 0 aliphatic rings. The van der Waals surface area contributed by atoms with Gasteiger partial charge in [-0.25, -0.2) is 4.98 Å². The SMILES string of the molecule is CC(=O)NC(C)C#Cc1cnc(Oc2ccc(C(=NO)c3ccccc3)cc2)s1. The summed E-state index contributed by atoms with van der Waals surface area (Å²) in [5.74, 6) is 6.41. The summed E-state index contributed by atoms with van der Waals surface area (Å²) in [4.78, 5) is 16.0. The molecular formula is C22H19N3O3S. The van der Waals surface area contributed by atoms with Gasteiger partial charge in [-0.05, 0) is 31.2 Å². The third-order valence-electron chi connectivity index (χ3n) is 3.80. The van der Waals surface area contributed by atoms with Gasteiger partial charge in [0.1, 0.15) is 16.3 Å². The lowest BCUT2D eigenvalue weighted by atomic mass is 10.0. The number of aromatic nitrogens is 1. The second-order valence-electron chi connectivity index (χ2n) is 6.12. The molecule has 146 valence electrons. The minimum atomic E-state index is -0.237. The number of rotatable bonds is 5. The lowest BCUT2D eigenvalue weighted by Gasteiger charge is -2.06. The number of carbonyl (C=O) groups is 1. The fraction of sp³-hybridized carbons (Fsp3) is 0.136. The Morgan fingerprint density at radius 2 is 1.86 bits per heavy atom. The van der Waals surface area contributed by atoms with Gasteiger partial charge in [-0.15, -0.1) is 0 Å². The van der Waals surface area contributed by atoms with Gasteiger partial charge in [-0.3, -0.25) is 4.79 Å². The van der Waals surface area contributed by atoms with E-state index in [1.54, 1.807) is 18.3 Å². The standard InChI is InChI=1S/C22H19N3O3S/c1-15(24-16(2)26)8-13-20-14-23-22(29-20)28-19-11-9-18(10-12-19)21(25-27)17-6-4-3-5-7-17/h3-7,9-12,14-15,27H,1-2H3,(H,24,26). The van der Waals surface area contributed by atoms with Crippen molar-refractivity contribution in [1.82, 2.24) is 10.3 Å². The molecule has 0 aliphatic heterocycles. The summed E-state index contributed by atoms with van der Waals surface area (Å²) in [5, 5.41) is 16.0. The number of nitrogens with zero attached hydrogens (tertiary/aromatic N) is 2. The Morgan fingerprint density at radius 3 is 2.52 bits per heavy atom. The first-order valence-corrected chi connectivity index (χ1v) is 9.67. The van der Waals surface area contributed by atoms with Crippen LogP contribution in [0.2, 0.25) is 0 Å². The molecule has 1 amide bonds. The highest BCUT2D eigenvalue weighted by Gasteiger charge is 2.09. The van der Waals surface area contributed by atoms with Crippen molar-refractivity contribution in [3.8, 4) is 22.8 Å². The third kappa shape index (κ3) is 5.67. The molecule has 0 aliphatic carbocycles. The predicted molar refractivity (Wildman–Crippen MR) is 113 cm³/mol. The minimum absolute atomic E-state index is 0.120. The van der Waals surface area contributed by atoms with Gasteiger partial charge in [-0.1, -0.05) is 58.7 Å². The van der Waals surface area contributed by atoms with Gasteiger partial charge in [0, 0.05) is 18.1 Å². The van der Waals surface area contributed by atoms with Crippen molar-refractivity contribution in [2.75, 3.05) is 0 Å². The Bertz CT molecular complexity index is 1060. The van der Waals surface area contributed by atoms with Gasteiger partial charge in [0.25, 0.3) is 5.19 Å². The van der Waals surface area contributed by atoms with Gasteiger partial charge in [-0.2, -0.15) is 0 Å². The molecule has 7 heteroatoms. The number of carbonyl (C=O) groups excluding carboxylic acids is 1. The summed E-state index contributed by atoms with van der Waals surface area (Å²) in [6.45, 7) is 3.27. The van der Waals surface area contributed by atoms with E-state index in [4.69, 9.17) is 4.74 Å². The number of ether oxygens (including phenoxy) is 1. The number of amides is 1. The van der Waals surface area contributed by atoms with Crippen molar-refractivity contribution < 1.29 is 14.7 Å². The van der Waals surface area contributed by atoms with E-state index in [0.29, 0.717) is 16.7 Å². The Morgan fingerprint density at radius 1 is 1.17 bits per heavy atom. The van der Waals surface area contributed by atoms with Crippen molar-refractivity contribution in [1.29, 1.82) is 0 Å². The van der Waals surface area contributed by atoms with Crippen LogP contribution in [0.15, 0.2) is 65.9 Å². The van der Waals surface area contributed by atoms with Gasteiger partial charge in [0.05, 0.1) is 12.2 Å².